The van der Waals surface area contributed by atoms with Gasteiger partial charge in [-0.25, -0.2) is 4.39 Å². The van der Waals surface area contributed by atoms with Crippen LogP contribution in [0.2, 0.25) is 5.02 Å². The predicted octanol–water partition coefficient (Wildman–Crippen LogP) is 2.22. The van der Waals surface area contributed by atoms with E-state index in [1.54, 1.807) is 6.07 Å². The maximum atomic E-state index is 13.4. The van der Waals surface area contributed by atoms with Gasteiger partial charge in [-0.15, -0.1) is 0 Å². The largest absolute Gasteiger partial charge is 0.488 e. The topological polar surface area (TPSA) is 41.5 Å². The molecule has 0 amide bonds. The molecule has 1 aromatic rings. The summed E-state index contributed by atoms with van der Waals surface area (Å²) in [4.78, 5) is 0. The van der Waals surface area contributed by atoms with Crippen LogP contribution in [0.25, 0.3) is 0 Å². The van der Waals surface area contributed by atoms with Gasteiger partial charge in [-0.1, -0.05) is 11.6 Å². The van der Waals surface area contributed by atoms with Gasteiger partial charge in [-0.05, 0) is 49.9 Å². The molecule has 0 spiro atoms. The maximum absolute atomic E-state index is 13.4. The van der Waals surface area contributed by atoms with Crippen molar-refractivity contribution in [2.45, 2.75) is 25.0 Å². The maximum Gasteiger partial charge on any atom is 0.145 e. The van der Waals surface area contributed by atoms with Gasteiger partial charge in [0.05, 0.1) is 11.1 Å². The molecule has 19 heavy (non-hydrogen) atoms. The molecule has 3 rings (SSSR count). The minimum Gasteiger partial charge on any atom is -0.488 e. The molecule has 0 aromatic heterocycles. The van der Waals surface area contributed by atoms with E-state index in [0.717, 1.165) is 25.9 Å². The molecule has 0 bridgehead atoms. The highest BCUT2D eigenvalue weighted by Crippen LogP contribution is 2.35. The van der Waals surface area contributed by atoms with E-state index in [-0.39, 0.29) is 11.1 Å². The molecular weight excluding hydrogens is 269 g/mol. The first kappa shape index (κ1) is 13.2. The molecule has 1 saturated carbocycles. The lowest BCUT2D eigenvalue weighted by molar-refractivity contribution is -0.0232. The monoisotopic (exact) mass is 285 g/mol. The molecule has 5 heteroatoms. The lowest BCUT2D eigenvalue weighted by Gasteiger charge is -2.35. The molecule has 4 atom stereocenters. The van der Waals surface area contributed by atoms with Gasteiger partial charge >= 0.3 is 0 Å². The van der Waals surface area contributed by atoms with E-state index >= 15 is 0 Å². The summed E-state index contributed by atoms with van der Waals surface area (Å²) < 4.78 is 19.1. The Morgan fingerprint density at radius 1 is 1.26 bits per heavy atom. The molecule has 1 aliphatic heterocycles. The Kier molecular flexibility index (Phi) is 3.65. The molecular formula is C14H17ClFNO2. The first-order valence-electron chi connectivity index (χ1n) is 6.64. The van der Waals surface area contributed by atoms with E-state index in [1.807, 2.05) is 0 Å². The summed E-state index contributed by atoms with van der Waals surface area (Å²) in [5.74, 6) is 1.02. The van der Waals surface area contributed by atoms with Crippen molar-refractivity contribution < 1.29 is 14.2 Å². The smallest absolute Gasteiger partial charge is 0.145 e. The van der Waals surface area contributed by atoms with Crippen molar-refractivity contribution in [2.24, 2.45) is 11.8 Å². The molecule has 1 heterocycles. The van der Waals surface area contributed by atoms with E-state index in [1.165, 1.54) is 12.1 Å². The van der Waals surface area contributed by atoms with Crippen LogP contribution in [-0.4, -0.2) is 30.4 Å². The molecule has 1 aliphatic carbocycles. The zero-order chi connectivity index (χ0) is 13.4. The number of aliphatic hydroxyl groups excluding tert-OH is 1. The van der Waals surface area contributed by atoms with Gasteiger partial charge in [-0.3, -0.25) is 0 Å². The third-order valence-electron chi connectivity index (χ3n) is 4.17. The second-order valence-electron chi connectivity index (χ2n) is 5.45. The second-order valence-corrected chi connectivity index (χ2v) is 5.86. The summed E-state index contributed by atoms with van der Waals surface area (Å²) in [6.07, 6.45) is 0.809. The fraction of sp³-hybridized carbons (Fsp3) is 0.571. The highest BCUT2D eigenvalue weighted by molar-refractivity contribution is 6.30. The minimum atomic E-state index is -0.495. The van der Waals surface area contributed by atoms with E-state index in [9.17, 15) is 9.50 Å². The summed E-state index contributed by atoms with van der Waals surface area (Å²) in [6.45, 7) is 1.95. The van der Waals surface area contributed by atoms with Crippen molar-refractivity contribution >= 4 is 11.6 Å². The standard InChI is InChI=1S/C14H17ClFNO2/c15-11-2-1-10(5-12(11)16)19-14-4-9-7-17-6-8(9)3-13(14)18/h1-2,5,8-9,13-14,17-18H,3-4,6-7H2/t8-,9+,13+,14+/m0/s1. The van der Waals surface area contributed by atoms with Crippen LogP contribution in [0.15, 0.2) is 18.2 Å². The van der Waals surface area contributed by atoms with E-state index in [2.05, 4.69) is 5.32 Å². The number of hydrogen-bond donors (Lipinski definition) is 2. The fourth-order valence-electron chi connectivity index (χ4n) is 3.11. The van der Waals surface area contributed by atoms with E-state index in [4.69, 9.17) is 16.3 Å². The average Bonchev–Trinajstić information content (AvgIpc) is 2.81. The Bertz CT molecular complexity index is 471. The van der Waals surface area contributed by atoms with Gasteiger partial charge < -0.3 is 15.2 Å². The number of benzene rings is 1. The van der Waals surface area contributed by atoms with Gasteiger partial charge in [0.15, 0.2) is 0 Å². The number of halogens is 2. The first-order chi connectivity index (χ1) is 9.13. The van der Waals surface area contributed by atoms with Crippen molar-refractivity contribution in [3.05, 3.63) is 29.0 Å². The number of ether oxygens (including phenoxy) is 1. The van der Waals surface area contributed by atoms with Gasteiger partial charge in [0, 0.05) is 6.07 Å². The van der Waals surface area contributed by atoms with Gasteiger partial charge in [-0.2, -0.15) is 0 Å². The summed E-state index contributed by atoms with van der Waals surface area (Å²) in [7, 11) is 0. The minimum absolute atomic E-state index is 0.0802. The zero-order valence-corrected chi connectivity index (χ0v) is 11.2. The molecule has 104 valence electrons. The van der Waals surface area contributed by atoms with Crippen molar-refractivity contribution in [3.63, 3.8) is 0 Å². The van der Waals surface area contributed by atoms with Crippen LogP contribution in [0, 0.1) is 17.7 Å². The van der Waals surface area contributed by atoms with Crippen LogP contribution in [-0.2, 0) is 0 Å². The lowest BCUT2D eigenvalue weighted by Crippen LogP contribution is -2.42. The van der Waals surface area contributed by atoms with Gasteiger partial charge in [0.25, 0.3) is 0 Å². The van der Waals surface area contributed by atoms with Crippen LogP contribution in [0.5, 0.6) is 5.75 Å². The Hall–Kier alpha value is -0.840. The Morgan fingerprint density at radius 3 is 2.74 bits per heavy atom. The second kappa shape index (κ2) is 5.27. The van der Waals surface area contributed by atoms with Crippen LogP contribution in [0.4, 0.5) is 4.39 Å². The molecule has 2 N–H and O–H groups in total. The number of nitrogens with one attached hydrogen (secondary N) is 1. The quantitative estimate of drug-likeness (QED) is 0.875. The highest BCUT2D eigenvalue weighted by Gasteiger charge is 2.39. The molecule has 3 nitrogen and oxygen atoms in total. The van der Waals surface area contributed by atoms with Crippen LogP contribution < -0.4 is 10.1 Å². The van der Waals surface area contributed by atoms with Gasteiger partial charge in [0.1, 0.15) is 17.7 Å². The van der Waals surface area contributed by atoms with E-state index in [0.29, 0.717) is 17.6 Å². The van der Waals surface area contributed by atoms with Crippen LogP contribution in [0.1, 0.15) is 12.8 Å². The summed E-state index contributed by atoms with van der Waals surface area (Å²) in [5, 5.41) is 13.6. The summed E-state index contributed by atoms with van der Waals surface area (Å²) >= 11 is 5.64. The SMILES string of the molecule is O[C@@H]1C[C@H]2CNC[C@H]2C[C@H]1Oc1ccc(Cl)c(F)c1. The molecule has 1 aromatic carbocycles. The number of aliphatic hydroxyl groups is 1. The normalized spacial score (nSPS) is 34.1. The molecule has 2 aliphatic rings. The predicted molar refractivity (Wildman–Crippen MR) is 70.9 cm³/mol. The number of hydrogen-bond acceptors (Lipinski definition) is 3. The van der Waals surface area contributed by atoms with Crippen molar-refractivity contribution in [2.75, 3.05) is 13.1 Å². The van der Waals surface area contributed by atoms with Crippen molar-refractivity contribution in [3.8, 4) is 5.75 Å². The third-order valence-corrected chi connectivity index (χ3v) is 4.47. The van der Waals surface area contributed by atoms with E-state index < -0.39 is 11.9 Å². The molecule has 0 radical (unpaired) electrons. The molecule has 1 saturated heterocycles. The summed E-state index contributed by atoms with van der Waals surface area (Å²) in [6, 6.07) is 4.38. The average molecular weight is 286 g/mol. The Morgan fingerprint density at radius 2 is 2.00 bits per heavy atom. The lowest BCUT2D eigenvalue weighted by atomic mass is 9.78. The third kappa shape index (κ3) is 2.71. The Labute approximate surface area is 116 Å². The fourth-order valence-corrected chi connectivity index (χ4v) is 3.23. The molecule has 0 unspecified atom stereocenters. The molecule has 2 fully saturated rings. The van der Waals surface area contributed by atoms with Crippen molar-refractivity contribution in [1.82, 2.24) is 5.32 Å². The zero-order valence-electron chi connectivity index (χ0n) is 10.5. The first-order valence-corrected chi connectivity index (χ1v) is 7.02. The number of rotatable bonds is 2. The Balaban J connectivity index is 1.70. The number of fused-ring (bicyclic) bond motifs is 1. The van der Waals surface area contributed by atoms with Crippen LogP contribution in [0.3, 0.4) is 0 Å². The summed E-state index contributed by atoms with van der Waals surface area (Å²) in [5.41, 5.74) is 0. The van der Waals surface area contributed by atoms with Gasteiger partial charge in [0.2, 0.25) is 0 Å². The van der Waals surface area contributed by atoms with Crippen LogP contribution >= 0.6 is 11.6 Å². The van der Waals surface area contributed by atoms with Crippen molar-refractivity contribution in [1.29, 1.82) is 0 Å². The highest BCUT2D eigenvalue weighted by atomic mass is 35.5.